The van der Waals surface area contributed by atoms with Crippen molar-refractivity contribution in [3.8, 4) is 5.75 Å². The van der Waals surface area contributed by atoms with Crippen LogP contribution in [0.1, 0.15) is 18.4 Å². The third-order valence-corrected chi connectivity index (χ3v) is 4.18. The van der Waals surface area contributed by atoms with E-state index in [0.29, 0.717) is 0 Å². The second-order valence-electron chi connectivity index (χ2n) is 5.61. The predicted octanol–water partition coefficient (Wildman–Crippen LogP) is 2.33. The Hall–Kier alpha value is -0.770. The molecule has 2 aliphatic rings. The minimum Gasteiger partial charge on any atom is -0.488 e. The van der Waals surface area contributed by atoms with Crippen LogP contribution in [0, 0.1) is 0 Å². The van der Waals surface area contributed by atoms with E-state index in [1.807, 2.05) is 18.2 Å². The Morgan fingerprint density at radius 3 is 3.05 bits per heavy atom. The van der Waals surface area contributed by atoms with Crippen molar-refractivity contribution < 1.29 is 4.74 Å². The van der Waals surface area contributed by atoms with Crippen LogP contribution < -0.4 is 10.1 Å². The first-order chi connectivity index (χ1) is 9.22. The van der Waals surface area contributed by atoms with Gasteiger partial charge in [-0.2, -0.15) is 0 Å². The number of fused-ring (bicyclic) bond motifs is 1. The maximum Gasteiger partial charge on any atom is 0.123 e. The highest BCUT2D eigenvalue weighted by molar-refractivity contribution is 6.30. The summed E-state index contributed by atoms with van der Waals surface area (Å²) in [6.07, 6.45) is 3.96. The van der Waals surface area contributed by atoms with Gasteiger partial charge >= 0.3 is 0 Å². The number of benzene rings is 1. The quantitative estimate of drug-likeness (QED) is 0.810. The van der Waals surface area contributed by atoms with E-state index in [9.17, 15) is 0 Å². The van der Waals surface area contributed by atoms with E-state index in [0.717, 1.165) is 42.9 Å². The van der Waals surface area contributed by atoms with Gasteiger partial charge in [0, 0.05) is 37.1 Å². The number of likely N-dealkylation sites (N-methyl/N-ethyl adjacent to an activating group) is 1. The Morgan fingerprint density at radius 1 is 1.42 bits per heavy atom. The van der Waals surface area contributed by atoms with Gasteiger partial charge in [0.05, 0.1) is 0 Å². The van der Waals surface area contributed by atoms with Gasteiger partial charge in [0.15, 0.2) is 0 Å². The predicted molar refractivity (Wildman–Crippen MR) is 78.1 cm³/mol. The first-order valence-electron chi connectivity index (χ1n) is 7.08. The molecular formula is C15H21ClN2O. The van der Waals surface area contributed by atoms with Gasteiger partial charge in [-0.1, -0.05) is 11.6 Å². The monoisotopic (exact) mass is 280 g/mol. The van der Waals surface area contributed by atoms with E-state index in [4.69, 9.17) is 16.3 Å². The lowest BCUT2D eigenvalue weighted by Crippen LogP contribution is -2.36. The lowest BCUT2D eigenvalue weighted by Gasteiger charge is -2.17. The fourth-order valence-corrected chi connectivity index (χ4v) is 2.81. The third-order valence-electron chi connectivity index (χ3n) is 3.95. The summed E-state index contributed by atoms with van der Waals surface area (Å²) in [6, 6.07) is 6.72. The van der Waals surface area contributed by atoms with E-state index in [1.54, 1.807) is 0 Å². The Labute approximate surface area is 119 Å². The molecule has 0 aromatic heterocycles. The fourth-order valence-electron chi connectivity index (χ4n) is 2.62. The van der Waals surface area contributed by atoms with Gasteiger partial charge in [0.25, 0.3) is 0 Å². The highest BCUT2D eigenvalue weighted by Crippen LogP contribution is 2.30. The van der Waals surface area contributed by atoms with Gasteiger partial charge < -0.3 is 15.0 Å². The molecule has 104 valence electrons. The first-order valence-corrected chi connectivity index (χ1v) is 7.46. The van der Waals surface area contributed by atoms with Crippen LogP contribution in [0.25, 0.3) is 0 Å². The van der Waals surface area contributed by atoms with E-state index in [1.165, 1.54) is 18.4 Å². The summed E-state index contributed by atoms with van der Waals surface area (Å²) in [5, 5.41) is 4.28. The second kappa shape index (κ2) is 5.70. The van der Waals surface area contributed by atoms with Crippen LogP contribution in [-0.4, -0.2) is 43.7 Å². The number of halogens is 1. The Balaban J connectivity index is 1.38. The van der Waals surface area contributed by atoms with Crippen LogP contribution in [-0.2, 0) is 6.42 Å². The summed E-state index contributed by atoms with van der Waals surface area (Å²) >= 11 is 5.99. The summed E-state index contributed by atoms with van der Waals surface area (Å²) < 4.78 is 5.89. The van der Waals surface area contributed by atoms with Crippen molar-refractivity contribution in [3.05, 3.63) is 28.8 Å². The summed E-state index contributed by atoms with van der Waals surface area (Å²) in [5.41, 5.74) is 1.23. The molecule has 1 atom stereocenters. The van der Waals surface area contributed by atoms with Gasteiger partial charge in [0.1, 0.15) is 11.9 Å². The van der Waals surface area contributed by atoms with E-state index >= 15 is 0 Å². The van der Waals surface area contributed by atoms with Crippen molar-refractivity contribution in [2.45, 2.75) is 31.4 Å². The summed E-state index contributed by atoms with van der Waals surface area (Å²) in [5.74, 6) is 0.992. The standard InChI is InChI=1S/C15H21ClN2O/c1-18(13-3-4-13)7-6-17-10-14-9-11-8-12(16)2-5-15(11)19-14/h2,5,8,13-14,17H,3-4,6-7,9-10H2,1H3. The molecule has 0 bridgehead atoms. The molecule has 19 heavy (non-hydrogen) atoms. The van der Waals surface area contributed by atoms with Gasteiger partial charge in [-0.25, -0.2) is 0 Å². The molecule has 1 fully saturated rings. The zero-order chi connectivity index (χ0) is 13.2. The minimum absolute atomic E-state index is 0.250. The molecule has 3 nitrogen and oxygen atoms in total. The number of ether oxygens (including phenoxy) is 1. The van der Waals surface area contributed by atoms with Gasteiger partial charge in [-0.15, -0.1) is 0 Å². The number of hydrogen-bond donors (Lipinski definition) is 1. The molecule has 1 saturated carbocycles. The number of nitrogens with one attached hydrogen (secondary N) is 1. The van der Waals surface area contributed by atoms with Crippen molar-refractivity contribution in [2.75, 3.05) is 26.7 Å². The molecular weight excluding hydrogens is 260 g/mol. The number of hydrogen-bond acceptors (Lipinski definition) is 3. The van der Waals surface area contributed by atoms with E-state index < -0.39 is 0 Å². The Bertz CT molecular complexity index is 448. The molecule has 0 spiro atoms. The molecule has 1 aromatic rings. The molecule has 0 saturated heterocycles. The molecule has 1 aliphatic heterocycles. The van der Waals surface area contributed by atoms with Crippen LogP contribution >= 0.6 is 11.6 Å². The topological polar surface area (TPSA) is 24.5 Å². The second-order valence-corrected chi connectivity index (χ2v) is 6.05. The van der Waals surface area contributed by atoms with Crippen molar-refractivity contribution in [1.82, 2.24) is 10.2 Å². The molecule has 1 unspecified atom stereocenters. The smallest absolute Gasteiger partial charge is 0.123 e. The number of nitrogens with zero attached hydrogens (tertiary/aromatic N) is 1. The maximum atomic E-state index is 5.99. The third kappa shape index (κ3) is 3.41. The van der Waals surface area contributed by atoms with Crippen molar-refractivity contribution in [2.24, 2.45) is 0 Å². The summed E-state index contributed by atoms with van der Waals surface area (Å²) in [4.78, 5) is 2.44. The zero-order valence-corrected chi connectivity index (χ0v) is 12.1. The molecule has 4 heteroatoms. The SMILES string of the molecule is CN(CCNCC1Cc2cc(Cl)ccc2O1)C1CC1. The van der Waals surface area contributed by atoms with E-state index in [2.05, 4.69) is 17.3 Å². The first kappa shape index (κ1) is 13.2. The molecule has 1 aromatic carbocycles. The van der Waals surface area contributed by atoms with Crippen LogP contribution in [0.15, 0.2) is 18.2 Å². The lowest BCUT2D eigenvalue weighted by atomic mass is 10.1. The minimum atomic E-state index is 0.250. The highest BCUT2D eigenvalue weighted by atomic mass is 35.5. The fraction of sp³-hybridized carbons (Fsp3) is 0.600. The van der Waals surface area contributed by atoms with Crippen LogP contribution in [0.5, 0.6) is 5.75 Å². The van der Waals surface area contributed by atoms with E-state index in [-0.39, 0.29) is 6.10 Å². The average Bonchev–Trinajstić information content (AvgIpc) is 3.16. The molecule has 1 aliphatic carbocycles. The molecule has 1 heterocycles. The Kier molecular flexibility index (Phi) is 3.96. The molecule has 3 rings (SSSR count). The zero-order valence-electron chi connectivity index (χ0n) is 11.4. The van der Waals surface area contributed by atoms with Gasteiger partial charge in [-0.05, 0) is 43.7 Å². The Morgan fingerprint density at radius 2 is 2.26 bits per heavy atom. The highest BCUT2D eigenvalue weighted by Gasteiger charge is 2.26. The summed E-state index contributed by atoms with van der Waals surface area (Å²) in [6.45, 7) is 3.06. The normalized spacial score (nSPS) is 21.5. The molecule has 0 radical (unpaired) electrons. The van der Waals surface area contributed by atoms with Gasteiger partial charge in [0.2, 0.25) is 0 Å². The summed E-state index contributed by atoms with van der Waals surface area (Å²) in [7, 11) is 2.21. The van der Waals surface area contributed by atoms with Crippen LogP contribution in [0.4, 0.5) is 0 Å². The lowest BCUT2D eigenvalue weighted by molar-refractivity contribution is 0.223. The number of rotatable bonds is 6. The van der Waals surface area contributed by atoms with Crippen LogP contribution in [0.3, 0.4) is 0 Å². The van der Waals surface area contributed by atoms with Gasteiger partial charge in [-0.3, -0.25) is 0 Å². The maximum absolute atomic E-state index is 5.99. The largest absolute Gasteiger partial charge is 0.488 e. The van der Waals surface area contributed by atoms with Crippen molar-refractivity contribution in [3.63, 3.8) is 0 Å². The molecule has 0 amide bonds. The average molecular weight is 281 g/mol. The van der Waals surface area contributed by atoms with Crippen LogP contribution in [0.2, 0.25) is 5.02 Å². The van der Waals surface area contributed by atoms with Crippen molar-refractivity contribution >= 4 is 11.6 Å². The van der Waals surface area contributed by atoms with Crippen molar-refractivity contribution in [1.29, 1.82) is 0 Å². The molecule has 1 N–H and O–H groups in total.